The van der Waals surface area contributed by atoms with E-state index in [0.717, 1.165) is 23.3 Å². The summed E-state index contributed by atoms with van der Waals surface area (Å²) in [5, 5.41) is 4.11. The first-order valence-corrected chi connectivity index (χ1v) is 12.2. The van der Waals surface area contributed by atoms with Crippen molar-refractivity contribution in [2.24, 2.45) is 0 Å². The maximum absolute atomic E-state index is 13.1. The summed E-state index contributed by atoms with van der Waals surface area (Å²) < 4.78 is 47.0. The van der Waals surface area contributed by atoms with Crippen LogP contribution in [0.4, 0.5) is 13.2 Å². The second kappa shape index (κ2) is 12.7. The Hall–Kier alpha value is -4.97. The van der Waals surface area contributed by atoms with Crippen molar-refractivity contribution in [1.82, 2.24) is 9.78 Å². The summed E-state index contributed by atoms with van der Waals surface area (Å²) >= 11 is 0. The molecular formula is C31H25F3N2O4. The number of rotatable bonds is 8. The molecule has 0 unspecified atom stereocenters. The Morgan fingerprint density at radius 2 is 1.73 bits per heavy atom. The number of carbonyl (C=O) groups excluding carboxylic acids is 1. The number of nitrogens with zero attached hydrogens (tertiary/aromatic N) is 2. The number of ether oxygens (including phenoxy) is 1. The van der Waals surface area contributed by atoms with Crippen LogP contribution >= 0.6 is 0 Å². The Morgan fingerprint density at radius 1 is 1.02 bits per heavy atom. The van der Waals surface area contributed by atoms with Crippen LogP contribution in [0.3, 0.4) is 0 Å². The number of aryl methyl sites for hydroxylation is 1. The van der Waals surface area contributed by atoms with Crippen molar-refractivity contribution in [3.63, 3.8) is 0 Å². The largest absolute Gasteiger partial charge is 0.489 e. The zero-order chi connectivity index (χ0) is 28.5. The molecule has 0 aliphatic heterocycles. The standard InChI is InChI=1S/C31H25F3N2O4/c1-22-21-28(14-15-30(22)40-39-23(2)37)38-20-16-29(26-10-12-27(13-11-26)31(32,33)34)25-8-6-24(7-9-25)5-3-18-36-19-4-17-35-36/h4,6-17,19,21H,18,20H2,1-2H3. The van der Waals surface area contributed by atoms with Crippen LogP contribution in [0.2, 0.25) is 0 Å². The van der Waals surface area contributed by atoms with Gasteiger partial charge in [0, 0.05) is 30.4 Å². The van der Waals surface area contributed by atoms with E-state index in [1.54, 1.807) is 42.1 Å². The van der Waals surface area contributed by atoms with Crippen LogP contribution in [0.15, 0.2) is 91.3 Å². The summed E-state index contributed by atoms with van der Waals surface area (Å²) in [4.78, 5) is 20.5. The van der Waals surface area contributed by atoms with Gasteiger partial charge in [-0.05, 0) is 78.2 Å². The van der Waals surface area contributed by atoms with Crippen LogP contribution in [0.5, 0.6) is 11.5 Å². The Bertz CT molecular complexity index is 1530. The van der Waals surface area contributed by atoms with E-state index in [-0.39, 0.29) is 6.61 Å². The Kier molecular flexibility index (Phi) is 8.92. The number of alkyl halides is 3. The third-order valence-corrected chi connectivity index (χ3v) is 5.68. The van der Waals surface area contributed by atoms with E-state index in [0.29, 0.717) is 34.7 Å². The minimum absolute atomic E-state index is 0.144. The van der Waals surface area contributed by atoms with Gasteiger partial charge in [-0.1, -0.05) is 36.1 Å². The summed E-state index contributed by atoms with van der Waals surface area (Å²) in [5.41, 5.74) is 2.87. The summed E-state index contributed by atoms with van der Waals surface area (Å²) in [6.45, 7) is 3.61. The molecule has 3 aromatic carbocycles. The molecule has 0 atom stereocenters. The number of aromatic nitrogens is 2. The molecule has 0 aliphatic rings. The lowest BCUT2D eigenvalue weighted by Gasteiger charge is -2.13. The first kappa shape index (κ1) is 28.0. The predicted molar refractivity (Wildman–Crippen MR) is 143 cm³/mol. The molecule has 0 bridgehead atoms. The van der Waals surface area contributed by atoms with Gasteiger partial charge >= 0.3 is 12.1 Å². The summed E-state index contributed by atoms with van der Waals surface area (Å²) in [6, 6.07) is 19.3. The number of hydrogen-bond acceptors (Lipinski definition) is 5. The van der Waals surface area contributed by atoms with E-state index in [9.17, 15) is 18.0 Å². The maximum atomic E-state index is 13.1. The molecule has 40 heavy (non-hydrogen) atoms. The van der Waals surface area contributed by atoms with Crippen molar-refractivity contribution in [2.45, 2.75) is 26.6 Å². The van der Waals surface area contributed by atoms with Gasteiger partial charge in [-0.15, -0.1) is 0 Å². The summed E-state index contributed by atoms with van der Waals surface area (Å²) in [5.74, 6) is 6.48. The van der Waals surface area contributed by atoms with Gasteiger partial charge in [-0.2, -0.15) is 18.3 Å². The van der Waals surface area contributed by atoms with Crippen LogP contribution in [-0.4, -0.2) is 22.4 Å². The number of carbonyl (C=O) groups is 1. The smallest absolute Gasteiger partial charge is 0.416 e. The van der Waals surface area contributed by atoms with Crippen LogP contribution < -0.4 is 9.62 Å². The lowest BCUT2D eigenvalue weighted by molar-refractivity contribution is -0.211. The van der Waals surface area contributed by atoms with Crippen LogP contribution in [0.25, 0.3) is 5.57 Å². The molecule has 4 rings (SSSR count). The van der Waals surface area contributed by atoms with Crippen molar-refractivity contribution in [1.29, 1.82) is 0 Å². The zero-order valence-electron chi connectivity index (χ0n) is 21.7. The highest BCUT2D eigenvalue weighted by Gasteiger charge is 2.30. The van der Waals surface area contributed by atoms with E-state index in [2.05, 4.69) is 21.8 Å². The molecule has 0 saturated carbocycles. The van der Waals surface area contributed by atoms with Crippen molar-refractivity contribution in [3.8, 4) is 23.3 Å². The number of hydrogen-bond donors (Lipinski definition) is 0. The van der Waals surface area contributed by atoms with Gasteiger partial charge in [0.25, 0.3) is 0 Å². The topological polar surface area (TPSA) is 62.6 Å². The van der Waals surface area contributed by atoms with Crippen molar-refractivity contribution in [3.05, 3.63) is 119 Å². The molecule has 204 valence electrons. The minimum Gasteiger partial charge on any atom is -0.489 e. The first-order chi connectivity index (χ1) is 19.2. The quantitative estimate of drug-likeness (QED) is 0.141. The fraction of sp³-hybridized carbons (Fsp3) is 0.161. The fourth-order valence-corrected chi connectivity index (χ4v) is 3.72. The van der Waals surface area contributed by atoms with Gasteiger partial charge < -0.3 is 4.74 Å². The highest BCUT2D eigenvalue weighted by atomic mass is 19.4. The average Bonchev–Trinajstić information content (AvgIpc) is 3.44. The highest BCUT2D eigenvalue weighted by Crippen LogP contribution is 2.32. The molecule has 9 heteroatoms. The third-order valence-electron chi connectivity index (χ3n) is 5.68. The molecule has 0 aliphatic carbocycles. The molecule has 0 radical (unpaired) electrons. The molecule has 0 N–H and O–H groups in total. The molecule has 0 saturated heterocycles. The summed E-state index contributed by atoms with van der Waals surface area (Å²) in [6.07, 6.45) is 0.893. The van der Waals surface area contributed by atoms with Crippen molar-refractivity contribution in [2.75, 3.05) is 6.61 Å². The SMILES string of the molecule is CC(=O)OOc1ccc(OCC=C(c2ccc(C#CCn3cccn3)cc2)c2ccc(C(F)(F)F)cc2)cc1C. The van der Waals surface area contributed by atoms with Gasteiger partial charge in [0.05, 0.1) is 5.56 Å². The van der Waals surface area contributed by atoms with Crippen LogP contribution in [0.1, 0.15) is 34.7 Å². The van der Waals surface area contributed by atoms with Gasteiger partial charge in [0.2, 0.25) is 0 Å². The molecule has 0 spiro atoms. The third kappa shape index (κ3) is 7.77. The van der Waals surface area contributed by atoms with Gasteiger partial charge in [0.1, 0.15) is 18.9 Å². The highest BCUT2D eigenvalue weighted by molar-refractivity contribution is 5.80. The molecule has 0 amide bonds. The van der Waals surface area contributed by atoms with Crippen LogP contribution in [0, 0.1) is 18.8 Å². The average molecular weight is 547 g/mol. The second-order valence-corrected chi connectivity index (χ2v) is 8.67. The van der Waals surface area contributed by atoms with E-state index < -0.39 is 17.7 Å². The predicted octanol–water partition coefficient (Wildman–Crippen LogP) is 6.63. The molecule has 6 nitrogen and oxygen atoms in total. The maximum Gasteiger partial charge on any atom is 0.416 e. The van der Waals surface area contributed by atoms with Crippen LogP contribution in [-0.2, 0) is 22.4 Å². The lowest BCUT2D eigenvalue weighted by atomic mass is 9.96. The Balaban J connectivity index is 1.54. The number of halogens is 3. The minimum atomic E-state index is -4.43. The van der Waals surface area contributed by atoms with E-state index >= 15 is 0 Å². The Labute approximate surface area is 229 Å². The molecule has 1 aromatic heterocycles. The zero-order valence-corrected chi connectivity index (χ0v) is 21.7. The van der Waals surface area contributed by atoms with Gasteiger partial charge in [-0.3, -0.25) is 14.5 Å². The summed E-state index contributed by atoms with van der Waals surface area (Å²) in [7, 11) is 0. The van der Waals surface area contributed by atoms with Crippen molar-refractivity contribution >= 4 is 11.5 Å². The first-order valence-electron chi connectivity index (χ1n) is 12.2. The lowest BCUT2D eigenvalue weighted by Crippen LogP contribution is -2.05. The van der Waals surface area contributed by atoms with E-state index in [4.69, 9.17) is 9.62 Å². The van der Waals surface area contributed by atoms with Crippen molar-refractivity contribution < 1.29 is 32.5 Å². The van der Waals surface area contributed by atoms with Gasteiger partial charge in [-0.25, -0.2) is 4.79 Å². The Morgan fingerprint density at radius 3 is 2.33 bits per heavy atom. The monoisotopic (exact) mass is 546 g/mol. The fourth-order valence-electron chi connectivity index (χ4n) is 3.72. The molecule has 1 heterocycles. The second-order valence-electron chi connectivity index (χ2n) is 8.67. The molecular weight excluding hydrogens is 521 g/mol. The van der Waals surface area contributed by atoms with E-state index in [1.165, 1.54) is 19.1 Å². The van der Waals surface area contributed by atoms with Gasteiger partial charge in [0.15, 0.2) is 5.75 Å². The molecule has 4 aromatic rings. The molecule has 0 fully saturated rings. The number of benzene rings is 3. The normalized spacial score (nSPS) is 11.4. The van der Waals surface area contributed by atoms with E-state index in [1.807, 2.05) is 36.5 Å².